The van der Waals surface area contributed by atoms with Gasteiger partial charge in [0, 0.05) is 30.4 Å². The van der Waals surface area contributed by atoms with Crippen LogP contribution in [0.15, 0.2) is 29.2 Å². The Balaban J connectivity index is 1.77. The Kier molecular flexibility index (Phi) is 7.62. The fraction of sp³-hybridized carbons (Fsp3) is 0.458. The molecule has 1 saturated heterocycles. The molecule has 1 fully saturated rings. The van der Waals surface area contributed by atoms with Crippen molar-refractivity contribution in [2.75, 3.05) is 12.4 Å². The lowest BCUT2D eigenvalue weighted by molar-refractivity contribution is -0.115. The first kappa shape index (κ1) is 25.6. The summed E-state index contributed by atoms with van der Waals surface area (Å²) in [6, 6.07) is 5.89. The molecule has 184 valence electrons. The van der Waals surface area contributed by atoms with Gasteiger partial charge >= 0.3 is 5.97 Å². The van der Waals surface area contributed by atoms with E-state index >= 15 is 0 Å². The number of hydrogen-bond acceptors (Lipinski definition) is 6. The summed E-state index contributed by atoms with van der Waals surface area (Å²) in [5.41, 5.74) is 1.53. The second-order valence-corrected chi connectivity index (χ2v) is 10.6. The lowest BCUT2D eigenvalue weighted by Crippen LogP contribution is -2.47. The molecule has 0 aliphatic carbocycles. The van der Waals surface area contributed by atoms with E-state index in [0.29, 0.717) is 11.3 Å². The van der Waals surface area contributed by atoms with Crippen LogP contribution in [0.1, 0.15) is 72.1 Å². The van der Waals surface area contributed by atoms with E-state index in [1.165, 1.54) is 38.3 Å². The molecule has 1 amide bonds. The number of Topliss-reactive ketones (excluding diaryl/α,β-unsaturated/α-hetero) is 1. The number of sulfonamides is 1. The molecule has 0 spiro atoms. The highest BCUT2D eigenvalue weighted by Crippen LogP contribution is 2.30. The summed E-state index contributed by atoms with van der Waals surface area (Å²) in [5.74, 6) is -1.33. The maximum atomic E-state index is 13.2. The number of H-pyrrole nitrogens is 1. The van der Waals surface area contributed by atoms with Gasteiger partial charge in [-0.15, -0.1) is 0 Å². The lowest BCUT2D eigenvalue weighted by Gasteiger charge is -2.37. The molecule has 34 heavy (non-hydrogen) atoms. The van der Waals surface area contributed by atoms with Crippen molar-refractivity contribution in [3.8, 4) is 0 Å². The minimum Gasteiger partial charge on any atom is -0.465 e. The fourth-order valence-corrected chi connectivity index (χ4v) is 6.47. The van der Waals surface area contributed by atoms with Crippen molar-refractivity contribution in [3.63, 3.8) is 0 Å². The SMILES string of the molecule is COC(=O)c1c(CC(=O)Nc2ccc(S(=O)(=O)N3[C@@H](C)CCC[C@@H]3C)cc2)[nH]c(C(C)=O)c1C. The third-order valence-corrected chi connectivity index (χ3v) is 8.38. The van der Waals surface area contributed by atoms with Gasteiger partial charge in [0.25, 0.3) is 0 Å². The van der Waals surface area contributed by atoms with Crippen LogP contribution in [-0.4, -0.2) is 54.6 Å². The molecule has 2 heterocycles. The molecule has 0 unspecified atom stereocenters. The third kappa shape index (κ3) is 5.07. The van der Waals surface area contributed by atoms with Crippen LogP contribution in [0.3, 0.4) is 0 Å². The van der Waals surface area contributed by atoms with Gasteiger partial charge in [0.05, 0.1) is 29.7 Å². The molecule has 1 aliphatic heterocycles. The monoisotopic (exact) mass is 489 g/mol. The number of carbonyl (C=O) groups is 3. The molecular formula is C24H31N3O6S. The topological polar surface area (TPSA) is 126 Å². The summed E-state index contributed by atoms with van der Waals surface area (Å²) in [7, 11) is -2.42. The van der Waals surface area contributed by atoms with Gasteiger partial charge in [-0.1, -0.05) is 6.42 Å². The Labute approximate surface area is 199 Å². The summed E-state index contributed by atoms with van der Waals surface area (Å²) in [6.07, 6.45) is 2.47. The molecule has 2 aromatic rings. The van der Waals surface area contributed by atoms with Crippen LogP contribution >= 0.6 is 0 Å². The minimum absolute atomic E-state index is 0.0683. The Morgan fingerprint density at radius 1 is 1.12 bits per heavy atom. The molecule has 0 radical (unpaired) electrons. The first-order valence-corrected chi connectivity index (χ1v) is 12.7. The van der Waals surface area contributed by atoms with E-state index in [2.05, 4.69) is 10.3 Å². The van der Waals surface area contributed by atoms with Crippen LogP contribution in [0.4, 0.5) is 5.69 Å². The van der Waals surface area contributed by atoms with E-state index in [-0.39, 0.29) is 46.1 Å². The quantitative estimate of drug-likeness (QED) is 0.453. The number of nitrogens with zero attached hydrogens (tertiary/aromatic N) is 1. The number of ketones is 1. The van der Waals surface area contributed by atoms with Crippen molar-refractivity contribution in [2.24, 2.45) is 0 Å². The first-order valence-electron chi connectivity index (χ1n) is 11.2. The smallest absolute Gasteiger partial charge is 0.339 e. The highest BCUT2D eigenvalue weighted by atomic mass is 32.2. The molecule has 1 aromatic heterocycles. The summed E-state index contributed by atoms with van der Waals surface area (Å²) >= 11 is 0. The van der Waals surface area contributed by atoms with Crippen molar-refractivity contribution in [3.05, 3.63) is 46.8 Å². The molecule has 1 aliphatic rings. The summed E-state index contributed by atoms with van der Waals surface area (Å²) in [4.78, 5) is 39.7. The number of rotatable bonds is 7. The van der Waals surface area contributed by atoms with Crippen molar-refractivity contribution in [1.29, 1.82) is 0 Å². The molecule has 0 saturated carbocycles. The molecule has 10 heteroatoms. The van der Waals surface area contributed by atoms with Crippen molar-refractivity contribution in [2.45, 2.75) is 70.4 Å². The summed E-state index contributed by atoms with van der Waals surface area (Å²) in [6.45, 7) is 6.82. The number of aromatic amines is 1. The summed E-state index contributed by atoms with van der Waals surface area (Å²) < 4.78 is 32.7. The van der Waals surface area contributed by atoms with Crippen LogP contribution < -0.4 is 5.32 Å². The third-order valence-electron chi connectivity index (χ3n) is 6.23. The Morgan fingerprint density at radius 3 is 2.24 bits per heavy atom. The average molecular weight is 490 g/mol. The van der Waals surface area contributed by atoms with Gasteiger partial charge in [0.2, 0.25) is 15.9 Å². The first-order chi connectivity index (χ1) is 16.0. The number of amides is 1. The molecule has 9 nitrogen and oxygen atoms in total. The minimum atomic E-state index is -3.65. The van der Waals surface area contributed by atoms with E-state index in [4.69, 9.17) is 4.74 Å². The highest BCUT2D eigenvalue weighted by Gasteiger charge is 2.35. The van der Waals surface area contributed by atoms with Gasteiger partial charge in [-0.05, 0) is 63.4 Å². The predicted molar refractivity (Wildman–Crippen MR) is 127 cm³/mol. The van der Waals surface area contributed by atoms with Crippen molar-refractivity contribution in [1.82, 2.24) is 9.29 Å². The summed E-state index contributed by atoms with van der Waals surface area (Å²) in [5, 5.41) is 2.70. The maximum absolute atomic E-state index is 13.2. The van der Waals surface area contributed by atoms with E-state index in [0.717, 1.165) is 19.3 Å². The fourth-order valence-electron chi connectivity index (χ4n) is 4.59. The Bertz CT molecular complexity index is 1190. The molecular weight excluding hydrogens is 458 g/mol. The van der Waals surface area contributed by atoms with Crippen molar-refractivity contribution < 1.29 is 27.5 Å². The average Bonchev–Trinajstić information content (AvgIpc) is 3.09. The number of benzene rings is 1. The maximum Gasteiger partial charge on any atom is 0.339 e. The standard InChI is InChI=1S/C24H31N3O6S/c1-14-7-6-8-15(2)27(14)34(31,32)19-11-9-18(10-12-19)25-21(29)13-20-22(24(30)33-5)16(3)23(26-20)17(4)28/h9-12,14-15,26H,6-8,13H2,1-5H3,(H,25,29)/t14-,15-/m0/s1. The molecule has 2 atom stereocenters. The predicted octanol–water partition coefficient (Wildman–Crippen LogP) is 3.45. The zero-order valence-electron chi connectivity index (χ0n) is 20.1. The number of methoxy groups -OCH3 is 1. The Morgan fingerprint density at radius 2 is 1.71 bits per heavy atom. The largest absolute Gasteiger partial charge is 0.465 e. The van der Waals surface area contributed by atoms with E-state index in [1.807, 2.05) is 13.8 Å². The molecule has 0 bridgehead atoms. The van der Waals surface area contributed by atoms with Crippen LogP contribution in [0, 0.1) is 6.92 Å². The van der Waals surface area contributed by atoms with Gasteiger partial charge in [-0.3, -0.25) is 9.59 Å². The Hall–Kier alpha value is -2.98. The second-order valence-electron chi connectivity index (χ2n) is 8.74. The zero-order chi connectivity index (χ0) is 25.2. The number of hydrogen-bond donors (Lipinski definition) is 2. The lowest BCUT2D eigenvalue weighted by atomic mass is 10.0. The normalized spacial score (nSPS) is 19.0. The van der Waals surface area contributed by atoms with Gasteiger partial charge in [0.15, 0.2) is 5.78 Å². The van der Waals surface area contributed by atoms with Crippen LogP contribution in [0.2, 0.25) is 0 Å². The van der Waals surface area contributed by atoms with Crippen molar-refractivity contribution >= 4 is 33.4 Å². The van der Waals surface area contributed by atoms with Gasteiger partial charge in [-0.2, -0.15) is 4.31 Å². The number of esters is 1. The van der Waals surface area contributed by atoms with Crippen LogP contribution in [0.25, 0.3) is 0 Å². The highest BCUT2D eigenvalue weighted by molar-refractivity contribution is 7.89. The van der Waals surface area contributed by atoms with E-state index in [1.54, 1.807) is 11.2 Å². The second kappa shape index (κ2) is 10.1. The van der Waals surface area contributed by atoms with Crippen LogP contribution in [-0.2, 0) is 26.0 Å². The van der Waals surface area contributed by atoms with Gasteiger partial charge in [-0.25, -0.2) is 13.2 Å². The molecule has 3 rings (SSSR count). The zero-order valence-corrected chi connectivity index (χ0v) is 20.9. The number of piperidine rings is 1. The number of carbonyl (C=O) groups excluding carboxylic acids is 3. The van der Waals surface area contributed by atoms with E-state index in [9.17, 15) is 22.8 Å². The number of nitrogens with one attached hydrogen (secondary N) is 2. The van der Waals surface area contributed by atoms with Gasteiger partial charge in [0.1, 0.15) is 0 Å². The molecule has 1 aromatic carbocycles. The number of ether oxygens (including phenoxy) is 1. The van der Waals surface area contributed by atoms with Gasteiger partial charge < -0.3 is 15.0 Å². The number of aromatic nitrogens is 1. The molecule has 2 N–H and O–H groups in total. The number of anilines is 1. The van der Waals surface area contributed by atoms with Crippen LogP contribution in [0.5, 0.6) is 0 Å². The van der Waals surface area contributed by atoms with E-state index < -0.39 is 21.9 Å².